The average Bonchev–Trinajstić information content (AvgIpc) is 3.36. The molecule has 7 heteroatoms. The van der Waals surface area contributed by atoms with Gasteiger partial charge in [-0.15, -0.1) is 0 Å². The molecule has 7 nitrogen and oxygen atoms in total. The van der Waals surface area contributed by atoms with Crippen molar-refractivity contribution in [2.24, 2.45) is 0 Å². The maximum absolute atomic E-state index is 13.2. The number of aromatic amines is 1. The zero-order chi connectivity index (χ0) is 21.7. The van der Waals surface area contributed by atoms with Crippen molar-refractivity contribution < 1.29 is 19.0 Å². The number of nitrogens with one attached hydrogen (secondary N) is 1. The van der Waals surface area contributed by atoms with Crippen LogP contribution in [0.2, 0.25) is 0 Å². The van der Waals surface area contributed by atoms with Crippen molar-refractivity contribution in [1.82, 2.24) is 14.9 Å². The van der Waals surface area contributed by atoms with Gasteiger partial charge in [-0.05, 0) is 60.5 Å². The van der Waals surface area contributed by atoms with Gasteiger partial charge in [-0.3, -0.25) is 4.79 Å². The van der Waals surface area contributed by atoms with Crippen molar-refractivity contribution in [2.75, 3.05) is 19.9 Å². The molecule has 160 valence electrons. The third kappa shape index (κ3) is 3.22. The van der Waals surface area contributed by atoms with Gasteiger partial charge in [0.2, 0.25) is 6.79 Å². The summed E-state index contributed by atoms with van der Waals surface area (Å²) in [7, 11) is 0. The summed E-state index contributed by atoms with van der Waals surface area (Å²) in [6.07, 6.45) is 0. The third-order valence-electron chi connectivity index (χ3n) is 5.88. The van der Waals surface area contributed by atoms with Crippen molar-refractivity contribution in [3.8, 4) is 28.4 Å². The second kappa shape index (κ2) is 7.30. The lowest BCUT2D eigenvalue weighted by atomic mass is 10.0. The Morgan fingerprint density at radius 2 is 1.75 bits per heavy atom. The molecule has 0 radical (unpaired) electrons. The minimum absolute atomic E-state index is 0.0569. The Bertz CT molecular complexity index is 1360. The summed E-state index contributed by atoms with van der Waals surface area (Å²) in [5, 5.41) is 0. The van der Waals surface area contributed by atoms with Gasteiger partial charge in [0.15, 0.2) is 11.5 Å². The van der Waals surface area contributed by atoms with E-state index in [-0.39, 0.29) is 12.7 Å². The van der Waals surface area contributed by atoms with Crippen LogP contribution >= 0.6 is 0 Å². The number of carbonyl (C=O) groups is 1. The normalized spacial score (nSPS) is 14.7. The smallest absolute Gasteiger partial charge is 0.254 e. The van der Waals surface area contributed by atoms with E-state index in [1.807, 2.05) is 24.0 Å². The zero-order valence-electron chi connectivity index (χ0n) is 17.6. The monoisotopic (exact) mass is 427 g/mol. The predicted molar refractivity (Wildman–Crippen MR) is 119 cm³/mol. The van der Waals surface area contributed by atoms with Gasteiger partial charge in [0.05, 0.1) is 17.6 Å². The molecule has 0 fully saturated rings. The Morgan fingerprint density at radius 1 is 0.938 bits per heavy atom. The molecular formula is C25H21N3O4. The number of nitrogens with zero attached hydrogens (tertiary/aromatic N) is 2. The van der Waals surface area contributed by atoms with E-state index in [0.29, 0.717) is 36.8 Å². The van der Waals surface area contributed by atoms with Crippen LogP contribution in [-0.4, -0.2) is 40.7 Å². The highest BCUT2D eigenvalue weighted by Crippen LogP contribution is 2.34. The summed E-state index contributed by atoms with van der Waals surface area (Å²) < 4.78 is 16.7. The Morgan fingerprint density at radius 3 is 2.69 bits per heavy atom. The Labute approximate surface area is 184 Å². The van der Waals surface area contributed by atoms with E-state index in [0.717, 1.165) is 39.3 Å². The maximum atomic E-state index is 13.2. The fourth-order valence-electron chi connectivity index (χ4n) is 4.27. The van der Waals surface area contributed by atoms with Crippen LogP contribution in [0.1, 0.15) is 21.7 Å². The van der Waals surface area contributed by atoms with Gasteiger partial charge >= 0.3 is 0 Å². The van der Waals surface area contributed by atoms with Crippen LogP contribution in [0, 0.1) is 6.92 Å². The second-order valence-corrected chi connectivity index (χ2v) is 8.02. The van der Waals surface area contributed by atoms with E-state index in [4.69, 9.17) is 14.2 Å². The van der Waals surface area contributed by atoms with Crippen LogP contribution in [-0.2, 0) is 6.54 Å². The SMILES string of the molecule is Cc1nc2cc(-c3ccc4c(c3)CN(C(=O)c3ccc5c(c3)OCO5)CCO4)ccc2[nH]1. The molecule has 1 aromatic heterocycles. The summed E-state index contributed by atoms with van der Waals surface area (Å²) in [4.78, 5) is 22.8. The first-order valence-corrected chi connectivity index (χ1v) is 10.6. The molecule has 1 amide bonds. The number of fused-ring (bicyclic) bond motifs is 3. The molecule has 0 spiro atoms. The van der Waals surface area contributed by atoms with E-state index in [9.17, 15) is 4.79 Å². The fourth-order valence-corrected chi connectivity index (χ4v) is 4.27. The molecule has 0 aliphatic carbocycles. The molecule has 0 atom stereocenters. The van der Waals surface area contributed by atoms with Crippen LogP contribution in [0.3, 0.4) is 0 Å². The number of aromatic nitrogens is 2. The maximum Gasteiger partial charge on any atom is 0.254 e. The second-order valence-electron chi connectivity index (χ2n) is 8.02. The molecule has 0 saturated carbocycles. The van der Waals surface area contributed by atoms with E-state index in [2.05, 4.69) is 34.2 Å². The lowest BCUT2D eigenvalue weighted by Gasteiger charge is -2.20. The first-order chi connectivity index (χ1) is 15.6. The Kier molecular flexibility index (Phi) is 4.28. The van der Waals surface area contributed by atoms with Gasteiger partial charge in [0.1, 0.15) is 18.2 Å². The molecule has 2 aliphatic rings. The number of rotatable bonds is 2. The molecule has 32 heavy (non-hydrogen) atoms. The lowest BCUT2D eigenvalue weighted by molar-refractivity contribution is 0.0733. The molecule has 0 bridgehead atoms. The van der Waals surface area contributed by atoms with Gasteiger partial charge in [0, 0.05) is 17.7 Å². The van der Waals surface area contributed by atoms with Crippen molar-refractivity contribution in [2.45, 2.75) is 13.5 Å². The van der Waals surface area contributed by atoms with Crippen LogP contribution in [0.4, 0.5) is 0 Å². The highest BCUT2D eigenvalue weighted by Gasteiger charge is 2.24. The van der Waals surface area contributed by atoms with Gasteiger partial charge < -0.3 is 24.1 Å². The number of ether oxygens (including phenoxy) is 3. The van der Waals surface area contributed by atoms with E-state index in [1.165, 1.54) is 0 Å². The van der Waals surface area contributed by atoms with Crippen LogP contribution < -0.4 is 14.2 Å². The Hall–Kier alpha value is -4.00. The molecule has 3 heterocycles. The van der Waals surface area contributed by atoms with Crippen molar-refractivity contribution in [1.29, 1.82) is 0 Å². The molecule has 1 N–H and O–H groups in total. The molecule has 3 aromatic carbocycles. The largest absolute Gasteiger partial charge is 0.491 e. The highest BCUT2D eigenvalue weighted by molar-refractivity contribution is 5.95. The number of imidazole rings is 1. The standard InChI is InChI=1S/C25H21N3O4/c1-15-26-20-5-2-17(11-21(20)27-15)16-3-6-22-19(10-16)13-28(8-9-30-22)25(29)18-4-7-23-24(12-18)32-14-31-23/h2-7,10-12H,8-9,13-14H2,1H3,(H,26,27). The number of H-pyrrole nitrogens is 1. The molecule has 0 unspecified atom stereocenters. The summed E-state index contributed by atoms with van der Waals surface area (Å²) >= 11 is 0. The van der Waals surface area contributed by atoms with E-state index >= 15 is 0 Å². The van der Waals surface area contributed by atoms with Gasteiger partial charge in [-0.1, -0.05) is 12.1 Å². The van der Waals surface area contributed by atoms with Crippen LogP contribution in [0.15, 0.2) is 54.6 Å². The first-order valence-electron chi connectivity index (χ1n) is 10.6. The Balaban J connectivity index is 1.31. The summed E-state index contributed by atoms with van der Waals surface area (Å²) in [6, 6.07) is 17.6. The molecular weight excluding hydrogens is 406 g/mol. The number of hydrogen-bond donors (Lipinski definition) is 1. The lowest BCUT2D eigenvalue weighted by Crippen LogP contribution is -2.32. The van der Waals surface area contributed by atoms with E-state index in [1.54, 1.807) is 18.2 Å². The topological polar surface area (TPSA) is 76.7 Å². The van der Waals surface area contributed by atoms with Crippen molar-refractivity contribution >= 4 is 16.9 Å². The predicted octanol–water partition coefficient (Wildman–Crippen LogP) is 4.30. The highest BCUT2D eigenvalue weighted by atomic mass is 16.7. The summed E-state index contributed by atoms with van der Waals surface area (Å²) in [5.74, 6) is 2.92. The summed E-state index contributed by atoms with van der Waals surface area (Å²) in [5.41, 5.74) is 5.65. The minimum Gasteiger partial charge on any atom is -0.491 e. The van der Waals surface area contributed by atoms with E-state index < -0.39 is 0 Å². The zero-order valence-corrected chi connectivity index (χ0v) is 17.6. The fraction of sp³-hybridized carbons (Fsp3) is 0.200. The van der Waals surface area contributed by atoms with Crippen LogP contribution in [0.25, 0.3) is 22.2 Å². The van der Waals surface area contributed by atoms with Gasteiger partial charge in [-0.25, -0.2) is 4.98 Å². The summed E-state index contributed by atoms with van der Waals surface area (Å²) in [6.45, 7) is 3.56. The first kappa shape index (κ1) is 18.7. The third-order valence-corrected chi connectivity index (χ3v) is 5.88. The van der Waals surface area contributed by atoms with Crippen molar-refractivity contribution in [3.05, 3.63) is 71.5 Å². The molecule has 4 aromatic rings. The average molecular weight is 427 g/mol. The van der Waals surface area contributed by atoms with Gasteiger partial charge in [0.25, 0.3) is 5.91 Å². The minimum atomic E-state index is -0.0569. The number of carbonyl (C=O) groups excluding carboxylic acids is 1. The molecule has 2 aliphatic heterocycles. The van der Waals surface area contributed by atoms with Crippen LogP contribution in [0.5, 0.6) is 17.2 Å². The molecule has 6 rings (SSSR count). The number of benzene rings is 3. The number of aryl methyl sites for hydroxylation is 1. The quantitative estimate of drug-likeness (QED) is 0.516. The number of hydrogen-bond acceptors (Lipinski definition) is 5. The number of amides is 1. The molecule has 0 saturated heterocycles. The van der Waals surface area contributed by atoms with Gasteiger partial charge in [-0.2, -0.15) is 0 Å². The van der Waals surface area contributed by atoms with Crippen molar-refractivity contribution in [3.63, 3.8) is 0 Å².